The highest BCUT2D eigenvalue weighted by atomic mass is 35.5. The van der Waals surface area contributed by atoms with Gasteiger partial charge in [0.15, 0.2) is 0 Å². The zero-order valence-electron chi connectivity index (χ0n) is 5.59. The molecule has 58 valence electrons. The molecule has 0 aromatic rings. The Balaban J connectivity index is 2.98. The van der Waals surface area contributed by atoms with Crippen molar-refractivity contribution in [1.29, 1.82) is 5.26 Å². The number of nitrogens with zero attached hydrogens (tertiary/aromatic N) is 1. The van der Waals surface area contributed by atoms with Gasteiger partial charge in [0.1, 0.15) is 5.38 Å². The summed E-state index contributed by atoms with van der Waals surface area (Å²) in [5, 5.41) is 16.2. The van der Waals surface area contributed by atoms with Gasteiger partial charge in [0.05, 0.1) is 6.07 Å². The maximum atomic E-state index is 8.38. The van der Waals surface area contributed by atoms with E-state index in [9.17, 15) is 0 Å². The Morgan fingerprint density at radius 1 is 1.70 bits per heavy atom. The third kappa shape index (κ3) is 6.21. The van der Waals surface area contributed by atoms with Gasteiger partial charge in [-0.1, -0.05) is 0 Å². The van der Waals surface area contributed by atoms with Gasteiger partial charge in [0.2, 0.25) is 0 Å². The summed E-state index contributed by atoms with van der Waals surface area (Å²) < 4.78 is 0. The molecule has 0 aliphatic heterocycles. The molecule has 1 N–H and O–H groups in total. The van der Waals surface area contributed by atoms with E-state index in [0.29, 0.717) is 5.75 Å². The van der Waals surface area contributed by atoms with Crippen LogP contribution in [-0.4, -0.2) is 28.6 Å². The smallest absolute Gasteiger partial charge is 0.129 e. The number of rotatable bonds is 5. The number of hydrogen-bond acceptors (Lipinski definition) is 3. The van der Waals surface area contributed by atoms with E-state index >= 15 is 0 Å². The molecule has 0 aliphatic rings. The number of aliphatic hydroxyl groups is 1. The van der Waals surface area contributed by atoms with Crippen LogP contribution in [0.4, 0.5) is 0 Å². The summed E-state index contributed by atoms with van der Waals surface area (Å²) in [4.78, 5) is 0. The normalized spacial score (nSPS) is 12.5. The largest absolute Gasteiger partial charge is 0.396 e. The first kappa shape index (κ1) is 10.1. The Labute approximate surface area is 70.2 Å². The van der Waals surface area contributed by atoms with Gasteiger partial charge in [-0.2, -0.15) is 17.0 Å². The van der Waals surface area contributed by atoms with Crippen LogP contribution in [0.2, 0.25) is 0 Å². The third-order valence-electron chi connectivity index (χ3n) is 0.851. The zero-order chi connectivity index (χ0) is 7.82. The van der Waals surface area contributed by atoms with Gasteiger partial charge in [-0.15, -0.1) is 11.6 Å². The van der Waals surface area contributed by atoms with E-state index in [2.05, 4.69) is 0 Å². The third-order valence-corrected chi connectivity index (χ3v) is 2.43. The molecule has 0 amide bonds. The molecule has 0 saturated carbocycles. The van der Waals surface area contributed by atoms with Crippen molar-refractivity contribution >= 4 is 23.4 Å². The van der Waals surface area contributed by atoms with Crippen LogP contribution >= 0.6 is 23.4 Å². The first-order chi connectivity index (χ1) is 4.81. The van der Waals surface area contributed by atoms with Crippen molar-refractivity contribution in [2.75, 3.05) is 18.1 Å². The molecule has 0 aromatic heterocycles. The molecular formula is C6H10ClNOS. The molecule has 0 heterocycles. The van der Waals surface area contributed by atoms with Crippen LogP contribution in [0.25, 0.3) is 0 Å². The van der Waals surface area contributed by atoms with Gasteiger partial charge in [-0.25, -0.2) is 0 Å². The minimum Gasteiger partial charge on any atom is -0.396 e. The Kier molecular flexibility index (Phi) is 7.26. The van der Waals surface area contributed by atoms with Gasteiger partial charge >= 0.3 is 0 Å². The highest BCUT2D eigenvalue weighted by Gasteiger charge is 1.99. The number of alkyl halides is 1. The number of halogens is 1. The van der Waals surface area contributed by atoms with Crippen molar-refractivity contribution in [3.63, 3.8) is 0 Å². The number of nitriles is 1. The lowest BCUT2D eigenvalue weighted by molar-refractivity contribution is 0.296. The molecule has 10 heavy (non-hydrogen) atoms. The Hall–Kier alpha value is 0.0900. The molecule has 4 heteroatoms. The van der Waals surface area contributed by atoms with Crippen LogP contribution in [0.5, 0.6) is 0 Å². The molecule has 2 nitrogen and oxygen atoms in total. The fourth-order valence-corrected chi connectivity index (χ4v) is 1.44. The fourth-order valence-electron chi connectivity index (χ4n) is 0.391. The molecule has 0 saturated heterocycles. The van der Waals surface area contributed by atoms with Crippen molar-refractivity contribution in [3.8, 4) is 6.07 Å². The Morgan fingerprint density at radius 3 is 2.90 bits per heavy atom. The highest BCUT2D eigenvalue weighted by Crippen LogP contribution is 2.07. The molecule has 0 radical (unpaired) electrons. The van der Waals surface area contributed by atoms with Gasteiger partial charge in [-0.3, -0.25) is 0 Å². The second-order valence-electron chi connectivity index (χ2n) is 1.75. The lowest BCUT2D eigenvalue weighted by Gasteiger charge is -1.98. The Bertz CT molecular complexity index is 115. The molecule has 0 aliphatic carbocycles. The van der Waals surface area contributed by atoms with Crippen molar-refractivity contribution in [1.82, 2.24) is 0 Å². The summed E-state index contributed by atoms with van der Waals surface area (Å²) in [6.45, 7) is 0.215. The van der Waals surface area contributed by atoms with Gasteiger partial charge in [0, 0.05) is 12.4 Å². The zero-order valence-corrected chi connectivity index (χ0v) is 7.16. The minimum atomic E-state index is -0.385. The maximum Gasteiger partial charge on any atom is 0.129 e. The molecule has 0 fully saturated rings. The summed E-state index contributed by atoms with van der Waals surface area (Å²) in [6.07, 6.45) is 0.777. The standard InChI is InChI=1S/C6H10ClNOS/c7-6(4-8)5-10-3-1-2-9/h6,9H,1-3,5H2. The molecule has 0 spiro atoms. The quantitative estimate of drug-likeness (QED) is 0.510. The maximum absolute atomic E-state index is 8.38. The van der Waals surface area contributed by atoms with Crippen LogP contribution in [0.1, 0.15) is 6.42 Å². The number of hydrogen-bond donors (Lipinski definition) is 1. The molecular weight excluding hydrogens is 170 g/mol. The molecule has 1 atom stereocenters. The van der Waals surface area contributed by atoms with E-state index < -0.39 is 0 Å². The first-order valence-corrected chi connectivity index (χ1v) is 4.62. The lowest BCUT2D eigenvalue weighted by atomic mass is 10.5. The van der Waals surface area contributed by atoms with Crippen molar-refractivity contribution in [2.45, 2.75) is 11.8 Å². The van der Waals surface area contributed by atoms with E-state index in [-0.39, 0.29) is 12.0 Å². The van der Waals surface area contributed by atoms with Crippen molar-refractivity contribution in [2.24, 2.45) is 0 Å². The summed E-state index contributed by atoms with van der Waals surface area (Å²) >= 11 is 7.10. The van der Waals surface area contributed by atoms with Crippen LogP contribution < -0.4 is 0 Å². The van der Waals surface area contributed by atoms with Gasteiger partial charge in [0.25, 0.3) is 0 Å². The van der Waals surface area contributed by atoms with Crippen LogP contribution in [-0.2, 0) is 0 Å². The average Bonchev–Trinajstić information content (AvgIpc) is 1.98. The van der Waals surface area contributed by atoms with E-state index in [1.165, 1.54) is 0 Å². The Morgan fingerprint density at radius 2 is 2.40 bits per heavy atom. The molecule has 0 aromatic carbocycles. The van der Waals surface area contributed by atoms with Crippen molar-refractivity contribution in [3.05, 3.63) is 0 Å². The van der Waals surface area contributed by atoms with Crippen LogP contribution in [0.15, 0.2) is 0 Å². The predicted molar refractivity (Wildman–Crippen MR) is 44.3 cm³/mol. The van der Waals surface area contributed by atoms with Gasteiger partial charge < -0.3 is 5.11 Å². The predicted octanol–water partition coefficient (Wildman–Crippen LogP) is 1.23. The lowest BCUT2D eigenvalue weighted by Crippen LogP contribution is -1.98. The summed E-state index contributed by atoms with van der Waals surface area (Å²) in [5.41, 5.74) is 0. The van der Waals surface area contributed by atoms with E-state index in [0.717, 1.165) is 12.2 Å². The summed E-state index contributed by atoms with van der Waals surface area (Å²) in [6, 6.07) is 1.92. The van der Waals surface area contributed by atoms with E-state index in [1.54, 1.807) is 11.8 Å². The summed E-state index contributed by atoms with van der Waals surface area (Å²) in [5.74, 6) is 1.53. The number of thioether (sulfide) groups is 1. The van der Waals surface area contributed by atoms with E-state index in [1.807, 2.05) is 6.07 Å². The van der Waals surface area contributed by atoms with Crippen LogP contribution in [0, 0.1) is 11.3 Å². The average molecular weight is 180 g/mol. The second kappa shape index (κ2) is 7.20. The topological polar surface area (TPSA) is 44.0 Å². The minimum absolute atomic E-state index is 0.215. The highest BCUT2D eigenvalue weighted by molar-refractivity contribution is 7.99. The fraction of sp³-hybridized carbons (Fsp3) is 0.833. The number of aliphatic hydroxyl groups excluding tert-OH is 1. The molecule has 0 rings (SSSR count). The summed E-state index contributed by atoms with van der Waals surface area (Å²) in [7, 11) is 0. The van der Waals surface area contributed by atoms with Crippen molar-refractivity contribution < 1.29 is 5.11 Å². The SMILES string of the molecule is N#CC(Cl)CSCCCO. The van der Waals surface area contributed by atoms with E-state index in [4.69, 9.17) is 22.0 Å². The van der Waals surface area contributed by atoms with Crippen LogP contribution in [0.3, 0.4) is 0 Å². The second-order valence-corrected chi connectivity index (χ2v) is 3.43. The van der Waals surface area contributed by atoms with Gasteiger partial charge in [-0.05, 0) is 12.2 Å². The molecule has 0 bridgehead atoms. The molecule has 1 unspecified atom stereocenters. The monoisotopic (exact) mass is 179 g/mol. The first-order valence-electron chi connectivity index (χ1n) is 3.03.